The normalized spacial score (nSPS) is 9.92. The zero-order valence-corrected chi connectivity index (χ0v) is 14.1. The summed E-state index contributed by atoms with van der Waals surface area (Å²) in [4.78, 5) is 34.8. The van der Waals surface area contributed by atoms with Crippen molar-refractivity contribution in [1.82, 2.24) is 10.9 Å². The fraction of sp³-hybridized carbons (Fsp3) is 0.118. The Morgan fingerprint density at radius 3 is 2.23 bits per heavy atom. The van der Waals surface area contributed by atoms with E-state index in [1.807, 2.05) is 0 Å². The molecule has 7 nitrogen and oxygen atoms in total. The molecule has 9 heteroatoms. The standard InChI is InChI=1S/C17H14ClFN2O5/c18-12-3-1-11(2-4-12)17(24)21-20-15(22)9-26-16(23)10-25-14-7-5-13(19)6-8-14/h1-8H,9-10H2,(H,20,22)(H,21,24). The zero-order valence-electron chi connectivity index (χ0n) is 13.3. The van der Waals surface area contributed by atoms with Gasteiger partial charge in [0.2, 0.25) is 0 Å². The van der Waals surface area contributed by atoms with Crippen molar-refractivity contribution in [3.63, 3.8) is 0 Å². The number of esters is 1. The summed E-state index contributed by atoms with van der Waals surface area (Å²) in [5.74, 6) is -2.24. The molecule has 0 heterocycles. The second kappa shape index (κ2) is 9.38. The Bertz CT molecular complexity index is 781. The molecule has 0 aliphatic rings. The van der Waals surface area contributed by atoms with E-state index in [1.165, 1.54) is 48.5 Å². The number of benzene rings is 2. The lowest BCUT2D eigenvalue weighted by molar-refractivity contribution is -0.150. The topological polar surface area (TPSA) is 93.7 Å². The van der Waals surface area contributed by atoms with Crippen LogP contribution in [0.4, 0.5) is 4.39 Å². The first-order chi connectivity index (χ1) is 12.4. The van der Waals surface area contributed by atoms with E-state index in [2.05, 4.69) is 15.6 Å². The molecule has 0 unspecified atom stereocenters. The van der Waals surface area contributed by atoms with Gasteiger partial charge in [0.15, 0.2) is 13.2 Å². The minimum Gasteiger partial charge on any atom is -0.482 e. The Morgan fingerprint density at radius 2 is 1.58 bits per heavy atom. The smallest absolute Gasteiger partial charge is 0.344 e. The molecule has 0 atom stereocenters. The third-order valence-corrected chi connectivity index (χ3v) is 3.21. The molecule has 2 amide bonds. The van der Waals surface area contributed by atoms with Gasteiger partial charge in [-0.25, -0.2) is 9.18 Å². The average Bonchev–Trinajstić information content (AvgIpc) is 2.64. The summed E-state index contributed by atoms with van der Waals surface area (Å²) in [6, 6.07) is 11.1. The molecule has 0 saturated heterocycles. The summed E-state index contributed by atoms with van der Waals surface area (Å²) in [5.41, 5.74) is 4.56. The Balaban J connectivity index is 1.66. The molecule has 2 N–H and O–H groups in total. The number of hydrogen-bond donors (Lipinski definition) is 2. The van der Waals surface area contributed by atoms with Crippen LogP contribution < -0.4 is 15.6 Å². The van der Waals surface area contributed by atoms with Gasteiger partial charge in [-0.3, -0.25) is 20.4 Å². The highest BCUT2D eigenvalue weighted by Gasteiger charge is 2.10. The summed E-state index contributed by atoms with van der Waals surface area (Å²) < 4.78 is 22.5. The molecule has 0 radical (unpaired) electrons. The number of hydrogen-bond acceptors (Lipinski definition) is 5. The largest absolute Gasteiger partial charge is 0.482 e. The average molecular weight is 381 g/mol. The van der Waals surface area contributed by atoms with Crippen molar-refractivity contribution < 1.29 is 28.2 Å². The van der Waals surface area contributed by atoms with Gasteiger partial charge < -0.3 is 9.47 Å². The van der Waals surface area contributed by atoms with Crippen LogP contribution in [0.2, 0.25) is 5.02 Å². The maximum Gasteiger partial charge on any atom is 0.344 e. The van der Waals surface area contributed by atoms with E-state index in [0.29, 0.717) is 10.6 Å². The molecule has 2 rings (SSSR count). The van der Waals surface area contributed by atoms with Gasteiger partial charge in [-0.2, -0.15) is 0 Å². The number of nitrogens with one attached hydrogen (secondary N) is 2. The van der Waals surface area contributed by atoms with Crippen LogP contribution in [-0.4, -0.2) is 31.0 Å². The van der Waals surface area contributed by atoms with Gasteiger partial charge in [-0.05, 0) is 48.5 Å². The van der Waals surface area contributed by atoms with Gasteiger partial charge in [0.1, 0.15) is 11.6 Å². The van der Waals surface area contributed by atoms with Gasteiger partial charge in [-0.1, -0.05) is 11.6 Å². The molecule has 2 aromatic carbocycles. The molecule has 0 aliphatic carbocycles. The van der Waals surface area contributed by atoms with Crippen molar-refractivity contribution >= 4 is 29.4 Å². The quantitative estimate of drug-likeness (QED) is 0.589. The number of ether oxygens (including phenoxy) is 2. The van der Waals surface area contributed by atoms with Crippen molar-refractivity contribution in [3.8, 4) is 5.75 Å². The van der Waals surface area contributed by atoms with E-state index in [1.54, 1.807) is 0 Å². The van der Waals surface area contributed by atoms with Gasteiger partial charge in [0.05, 0.1) is 0 Å². The molecular formula is C17H14ClFN2O5. The first-order valence-corrected chi connectivity index (χ1v) is 7.70. The van der Waals surface area contributed by atoms with Gasteiger partial charge in [0, 0.05) is 10.6 Å². The van der Waals surface area contributed by atoms with E-state index in [0.717, 1.165) is 0 Å². The maximum atomic E-state index is 12.7. The van der Waals surface area contributed by atoms with Gasteiger partial charge in [0.25, 0.3) is 11.8 Å². The van der Waals surface area contributed by atoms with E-state index >= 15 is 0 Å². The lowest BCUT2D eigenvalue weighted by Crippen LogP contribution is -2.43. The second-order valence-corrected chi connectivity index (χ2v) is 5.35. The number of amides is 2. The predicted octanol–water partition coefficient (Wildman–Crippen LogP) is 1.86. The van der Waals surface area contributed by atoms with Crippen LogP contribution in [0.1, 0.15) is 10.4 Å². The molecular weight excluding hydrogens is 367 g/mol. The lowest BCUT2D eigenvalue weighted by Gasteiger charge is -2.09. The number of rotatable bonds is 6. The van der Waals surface area contributed by atoms with E-state index < -0.39 is 36.8 Å². The van der Waals surface area contributed by atoms with Crippen LogP contribution in [0.5, 0.6) is 5.75 Å². The highest BCUT2D eigenvalue weighted by Crippen LogP contribution is 2.11. The van der Waals surface area contributed by atoms with Crippen LogP contribution in [0.3, 0.4) is 0 Å². The second-order valence-electron chi connectivity index (χ2n) is 4.91. The van der Waals surface area contributed by atoms with Crippen LogP contribution in [-0.2, 0) is 14.3 Å². The molecule has 0 bridgehead atoms. The van der Waals surface area contributed by atoms with E-state index in [-0.39, 0.29) is 5.75 Å². The summed E-state index contributed by atoms with van der Waals surface area (Å²) in [6.07, 6.45) is 0. The lowest BCUT2D eigenvalue weighted by atomic mass is 10.2. The Kier molecular flexibility index (Phi) is 6.92. The third-order valence-electron chi connectivity index (χ3n) is 2.96. The number of carbonyl (C=O) groups is 3. The molecule has 136 valence electrons. The minimum absolute atomic E-state index is 0.281. The van der Waals surface area contributed by atoms with Crippen molar-refractivity contribution in [1.29, 1.82) is 0 Å². The highest BCUT2D eigenvalue weighted by atomic mass is 35.5. The van der Waals surface area contributed by atoms with E-state index in [9.17, 15) is 18.8 Å². The zero-order chi connectivity index (χ0) is 18.9. The van der Waals surface area contributed by atoms with Crippen LogP contribution >= 0.6 is 11.6 Å². The summed E-state index contributed by atoms with van der Waals surface area (Å²) in [7, 11) is 0. The van der Waals surface area contributed by atoms with E-state index in [4.69, 9.17) is 16.3 Å². The number of hydrazine groups is 1. The maximum absolute atomic E-state index is 12.7. The predicted molar refractivity (Wildman–Crippen MR) is 89.9 cm³/mol. The third kappa shape index (κ3) is 6.40. The first kappa shape index (κ1) is 19.2. The fourth-order valence-corrected chi connectivity index (χ4v) is 1.82. The molecule has 26 heavy (non-hydrogen) atoms. The minimum atomic E-state index is -0.798. The fourth-order valence-electron chi connectivity index (χ4n) is 1.70. The van der Waals surface area contributed by atoms with Crippen molar-refractivity contribution in [2.75, 3.05) is 13.2 Å². The van der Waals surface area contributed by atoms with Gasteiger partial charge >= 0.3 is 5.97 Å². The van der Waals surface area contributed by atoms with Crippen molar-refractivity contribution in [2.24, 2.45) is 0 Å². The summed E-state index contributed by atoms with van der Waals surface area (Å²) in [6.45, 7) is -1.05. The van der Waals surface area contributed by atoms with Crippen molar-refractivity contribution in [3.05, 3.63) is 64.9 Å². The number of halogens is 2. The van der Waals surface area contributed by atoms with Crippen LogP contribution in [0, 0.1) is 5.82 Å². The highest BCUT2D eigenvalue weighted by molar-refractivity contribution is 6.30. The molecule has 0 fully saturated rings. The molecule has 0 spiro atoms. The molecule has 0 aliphatic heterocycles. The Morgan fingerprint density at radius 1 is 0.923 bits per heavy atom. The van der Waals surface area contributed by atoms with Crippen LogP contribution in [0.15, 0.2) is 48.5 Å². The molecule has 0 aromatic heterocycles. The summed E-state index contributed by atoms with van der Waals surface area (Å²) in [5, 5.41) is 0.473. The Hall–Kier alpha value is -3.13. The molecule has 0 saturated carbocycles. The van der Waals surface area contributed by atoms with Crippen molar-refractivity contribution in [2.45, 2.75) is 0 Å². The SMILES string of the molecule is O=C(COC(=O)COc1ccc(F)cc1)NNC(=O)c1ccc(Cl)cc1. The summed E-state index contributed by atoms with van der Waals surface area (Å²) >= 11 is 5.71. The molecule has 2 aromatic rings. The first-order valence-electron chi connectivity index (χ1n) is 7.33. The number of carbonyl (C=O) groups excluding carboxylic acids is 3. The monoisotopic (exact) mass is 380 g/mol. The van der Waals surface area contributed by atoms with Crippen LogP contribution in [0.25, 0.3) is 0 Å². The Labute approximate surface area is 153 Å². The van der Waals surface area contributed by atoms with Gasteiger partial charge in [-0.15, -0.1) is 0 Å².